The van der Waals surface area contributed by atoms with Crippen LogP contribution in [-0.2, 0) is 51.2 Å². The highest BCUT2D eigenvalue weighted by atomic mass is 16.6. The van der Waals surface area contributed by atoms with Crippen molar-refractivity contribution in [2.45, 2.75) is 110 Å². The van der Waals surface area contributed by atoms with Crippen molar-refractivity contribution in [1.82, 2.24) is 20.4 Å². The number of ether oxygens (including phenoxy) is 3. The van der Waals surface area contributed by atoms with Crippen molar-refractivity contribution in [2.75, 3.05) is 13.2 Å². The van der Waals surface area contributed by atoms with E-state index in [4.69, 9.17) is 14.2 Å². The monoisotopic (exact) mass is 706 g/mol. The van der Waals surface area contributed by atoms with Crippen LogP contribution < -0.4 is 10.6 Å². The summed E-state index contributed by atoms with van der Waals surface area (Å²) >= 11 is 0. The fourth-order valence-electron chi connectivity index (χ4n) is 6.18. The molecular formula is C38H50N4O9. The van der Waals surface area contributed by atoms with Gasteiger partial charge in [-0.3, -0.25) is 14.4 Å². The first kappa shape index (κ1) is 38.9. The van der Waals surface area contributed by atoms with Gasteiger partial charge >= 0.3 is 18.0 Å². The van der Waals surface area contributed by atoms with Gasteiger partial charge in [0, 0.05) is 13.0 Å². The van der Waals surface area contributed by atoms with E-state index in [2.05, 4.69) is 10.6 Å². The molecule has 2 aliphatic rings. The summed E-state index contributed by atoms with van der Waals surface area (Å²) in [4.78, 5) is 83.6. The van der Waals surface area contributed by atoms with Crippen molar-refractivity contribution in [3.05, 3.63) is 71.8 Å². The number of carbonyl (C=O) groups is 6. The van der Waals surface area contributed by atoms with E-state index in [-0.39, 0.29) is 32.0 Å². The van der Waals surface area contributed by atoms with E-state index in [1.165, 1.54) is 4.90 Å². The highest BCUT2D eigenvalue weighted by Gasteiger charge is 2.62. The number of amides is 4. The lowest BCUT2D eigenvalue weighted by atomic mass is 10.0. The van der Waals surface area contributed by atoms with E-state index in [9.17, 15) is 28.8 Å². The molecule has 2 aromatic carbocycles. The van der Waals surface area contributed by atoms with Crippen LogP contribution in [0.2, 0.25) is 0 Å². The van der Waals surface area contributed by atoms with Gasteiger partial charge in [-0.05, 0) is 64.0 Å². The van der Waals surface area contributed by atoms with Crippen LogP contribution in [0, 0.1) is 5.92 Å². The summed E-state index contributed by atoms with van der Waals surface area (Å²) in [5.41, 5.74) is 0.705. The molecule has 0 aliphatic carbocycles. The Kier molecular flexibility index (Phi) is 13.2. The first-order valence-electron chi connectivity index (χ1n) is 17.5. The minimum atomic E-state index is -1.29. The minimum absolute atomic E-state index is 0.0144. The molecule has 2 aromatic rings. The number of nitrogens with one attached hydrogen (secondary N) is 2. The zero-order valence-electron chi connectivity index (χ0n) is 30.3. The van der Waals surface area contributed by atoms with E-state index in [0.29, 0.717) is 19.4 Å². The second kappa shape index (κ2) is 17.3. The van der Waals surface area contributed by atoms with E-state index >= 15 is 0 Å². The molecule has 2 N–H and O–H groups in total. The molecule has 2 heterocycles. The highest BCUT2D eigenvalue weighted by molar-refractivity contribution is 6.05. The third kappa shape index (κ3) is 10.8. The molecular weight excluding hydrogens is 656 g/mol. The molecule has 13 nitrogen and oxygen atoms in total. The second-order valence-electron chi connectivity index (χ2n) is 14.2. The molecule has 5 atom stereocenters. The number of hydrogen-bond acceptors (Lipinski definition) is 9. The minimum Gasteiger partial charge on any atom is -0.464 e. The van der Waals surface area contributed by atoms with Crippen LogP contribution in [0.15, 0.2) is 60.7 Å². The Morgan fingerprint density at radius 3 is 2.02 bits per heavy atom. The van der Waals surface area contributed by atoms with Crippen LogP contribution in [0.5, 0.6) is 0 Å². The number of nitrogens with zero attached hydrogens (tertiary/aromatic N) is 2. The van der Waals surface area contributed by atoms with Crippen LogP contribution in [0.4, 0.5) is 4.79 Å². The SMILES string of the molecule is CCOC(=O)[C@H]1[C@H](C(=O)N[C@@H](CC(C)C)C(=O)N2CCC[C@H]2C(=O)OCc2ccccc2)N1C(=O)[C@H](Cc1ccccc1)NC(=O)OC(C)(C)C. The molecule has 51 heavy (non-hydrogen) atoms. The maximum absolute atomic E-state index is 14.1. The summed E-state index contributed by atoms with van der Waals surface area (Å²) in [7, 11) is 0. The van der Waals surface area contributed by atoms with Crippen molar-refractivity contribution < 1.29 is 43.0 Å². The Labute approximate surface area is 299 Å². The van der Waals surface area contributed by atoms with E-state index in [0.717, 1.165) is 16.0 Å². The van der Waals surface area contributed by atoms with Crippen molar-refractivity contribution in [1.29, 1.82) is 0 Å². The molecule has 0 spiro atoms. The molecule has 0 saturated carbocycles. The lowest BCUT2D eigenvalue weighted by molar-refractivity contribution is -0.155. The number of esters is 2. The van der Waals surface area contributed by atoms with Gasteiger partial charge in [0.15, 0.2) is 6.04 Å². The zero-order chi connectivity index (χ0) is 37.3. The normalized spacial score (nSPS) is 19.5. The van der Waals surface area contributed by atoms with Crippen molar-refractivity contribution in [3.63, 3.8) is 0 Å². The highest BCUT2D eigenvalue weighted by Crippen LogP contribution is 2.32. The Hall–Kier alpha value is -4.94. The first-order valence-corrected chi connectivity index (χ1v) is 17.5. The quantitative estimate of drug-likeness (QED) is 0.170. The number of alkyl carbamates (subject to hydrolysis) is 1. The summed E-state index contributed by atoms with van der Waals surface area (Å²) in [6, 6.07) is 12.6. The molecule has 13 heteroatoms. The molecule has 2 fully saturated rings. The maximum atomic E-state index is 14.1. The van der Waals surface area contributed by atoms with Crippen LogP contribution >= 0.6 is 0 Å². The number of hydrogen-bond donors (Lipinski definition) is 2. The third-order valence-electron chi connectivity index (χ3n) is 8.49. The number of carbonyl (C=O) groups excluding carboxylic acids is 6. The molecule has 2 saturated heterocycles. The fraction of sp³-hybridized carbons (Fsp3) is 0.526. The Morgan fingerprint density at radius 1 is 0.804 bits per heavy atom. The van der Waals surface area contributed by atoms with Gasteiger partial charge in [0.25, 0.3) is 0 Å². The number of benzene rings is 2. The van der Waals surface area contributed by atoms with Crippen LogP contribution in [0.25, 0.3) is 0 Å². The zero-order valence-corrected chi connectivity index (χ0v) is 30.3. The average Bonchev–Trinajstić information content (AvgIpc) is 3.64. The molecule has 0 bridgehead atoms. The standard InChI is InChI=1S/C38H50N4O9/c1-7-49-36(47)31-30(42(31)34(45)28(22-25-15-10-8-11-16-25)40-37(48)51-38(4,5)6)32(43)39-27(21-24(2)3)33(44)41-20-14-19-29(41)35(46)50-23-26-17-12-9-13-18-26/h8-13,15-18,24,27-31H,7,14,19-23H2,1-6H3,(H,39,43)(H,40,48)/t27-,28-,29-,30+,31+,42?/m0/s1. The molecule has 4 amide bonds. The summed E-state index contributed by atoms with van der Waals surface area (Å²) in [6.07, 6.45) is 0.476. The summed E-state index contributed by atoms with van der Waals surface area (Å²) in [5.74, 6) is -3.20. The van der Waals surface area contributed by atoms with Crippen LogP contribution in [-0.4, -0.2) is 94.5 Å². The first-order chi connectivity index (χ1) is 24.2. The van der Waals surface area contributed by atoms with Crippen LogP contribution in [0.3, 0.4) is 0 Å². The average molecular weight is 707 g/mol. The molecule has 0 unspecified atom stereocenters. The topological polar surface area (TPSA) is 160 Å². The lowest BCUT2D eigenvalue weighted by Gasteiger charge is -2.29. The molecule has 0 aromatic heterocycles. The molecule has 2 aliphatic heterocycles. The maximum Gasteiger partial charge on any atom is 0.408 e. The number of likely N-dealkylation sites (tertiary alicyclic amines) is 1. The Bertz CT molecular complexity index is 1540. The van der Waals surface area contributed by atoms with Crippen LogP contribution in [0.1, 0.15) is 71.9 Å². The van der Waals surface area contributed by atoms with E-state index in [1.54, 1.807) is 52.0 Å². The number of rotatable bonds is 14. The van der Waals surface area contributed by atoms with Crippen molar-refractivity contribution in [2.24, 2.45) is 5.92 Å². The van der Waals surface area contributed by atoms with Gasteiger partial charge in [-0.25, -0.2) is 14.4 Å². The van der Waals surface area contributed by atoms with E-state index in [1.807, 2.05) is 50.2 Å². The van der Waals surface area contributed by atoms with E-state index < -0.39 is 71.6 Å². The van der Waals surface area contributed by atoms with Gasteiger partial charge in [-0.15, -0.1) is 0 Å². The summed E-state index contributed by atoms with van der Waals surface area (Å²) < 4.78 is 16.2. The van der Waals surface area contributed by atoms with Gasteiger partial charge in [-0.1, -0.05) is 74.5 Å². The molecule has 0 radical (unpaired) electrons. The summed E-state index contributed by atoms with van der Waals surface area (Å²) in [6.45, 7) is 10.9. The molecule has 276 valence electrons. The van der Waals surface area contributed by atoms with Gasteiger partial charge < -0.3 is 34.6 Å². The Morgan fingerprint density at radius 2 is 1.43 bits per heavy atom. The van der Waals surface area contributed by atoms with Gasteiger partial charge in [0.05, 0.1) is 6.61 Å². The largest absolute Gasteiger partial charge is 0.464 e. The van der Waals surface area contributed by atoms with Gasteiger partial charge in [-0.2, -0.15) is 0 Å². The van der Waals surface area contributed by atoms with Gasteiger partial charge in [0.2, 0.25) is 17.7 Å². The van der Waals surface area contributed by atoms with Gasteiger partial charge in [0.1, 0.15) is 36.4 Å². The fourth-order valence-corrected chi connectivity index (χ4v) is 6.18. The second-order valence-corrected chi connectivity index (χ2v) is 14.2. The summed E-state index contributed by atoms with van der Waals surface area (Å²) in [5, 5.41) is 5.39. The smallest absolute Gasteiger partial charge is 0.408 e. The third-order valence-corrected chi connectivity index (χ3v) is 8.49. The predicted octanol–water partition coefficient (Wildman–Crippen LogP) is 3.53. The van der Waals surface area contributed by atoms with Crippen molar-refractivity contribution in [3.8, 4) is 0 Å². The Balaban J connectivity index is 1.52. The molecule has 4 rings (SSSR count). The van der Waals surface area contributed by atoms with Crippen molar-refractivity contribution >= 4 is 35.8 Å². The predicted molar refractivity (Wildman–Crippen MR) is 187 cm³/mol. The lowest BCUT2D eigenvalue weighted by Crippen LogP contribution is -2.53.